The summed E-state index contributed by atoms with van der Waals surface area (Å²) in [6, 6.07) is 8.18. The molecule has 0 spiro atoms. The Kier molecular flexibility index (Phi) is 6.39. The third-order valence-corrected chi connectivity index (χ3v) is 4.43. The second-order valence-corrected chi connectivity index (χ2v) is 6.79. The van der Waals surface area contributed by atoms with Crippen LogP contribution in [-0.4, -0.2) is 64.2 Å². The Balaban J connectivity index is 2.19. The zero-order chi connectivity index (χ0) is 18.6. The average Bonchev–Trinajstić information content (AvgIpc) is 2.93. The van der Waals surface area contributed by atoms with E-state index in [0.717, 1.165) is 10.5 Å². The zero-order valence-corrected chi connectivity index (χ0v) is 14.8. The minimum atomic E-state index is -1.15. The number of likely N-dealkylation sites (N-methyl/N-ethyl adjacent to an activating group) is 1. The maximum absolute atomic E-state index is 13.0. The Hall–Kier alpha value is -2.12. The second kappa shape index (κ2) is 8.31. The van der Waals surface area contributed by atoms with Crippen molar-refractivity contribution in [1.29, 1.82) is 0 Å². The number of hydrogen-bond acceptors (Lipinski definition) is 4. The van der Waals surface area contributed by atoms with Crippen LogP contribution in [0.1, 0.15) is 25.8 Å². The van der Waals surface area contributed by atoms with Gasteiger partial charge in [0.05, 0.1) is 6.04 Å². The van der Waals surface area contributed by atoms with E-state index in [4.69, 9.17) is 4.74 Å². The fourth-order valence-corrected chi connectivity index (χ4v) is 3.01. The lowest BCUT2D eigenvalue weighted by molar-refractivity contribution is -0.138. The van der Waals surface area contributed by atoms with Crippen LogP contribution in [0, 0.1) is 5.92 Å². The molecule has 7 heteroatoms. The smallest absolute Gasteiger partial charge is 0.407 e. The van der Waals surface area contributed by atoms with Crippen LogP contribution in [0.15, 0.2) is 30.3 Å². The lowest BCUT2D eigenvalue weighted by Crippen LogP contribution is -2.52. The SMILES string of the molecule is CC(C)CC(C(=O)N1COC(O)C1Cc1ccccc1)N(C)C(=O)O. The number of carboxylic acid groups (broad SMARTS) is 1. The van der Waals surface area contributed by atoms with E-state index in [-0.39, 0.29) is 18.6 Å². The van der Waals surface area contributed by atoms with E-state index in [0.29, 0.717) is 12.8 Å². The standard InChI is InChI=1S/C18H26N2O5/c1-12(2)9-14(19(3)18(23)24)16(21)20-11-25-17(22)15(20)10-13-7-5-4-6-8-13/h4-8,12,14-15,17,22H,9-11H2,1-3H3,(H,23,24). The Bertz CT molecular complexity index is 592. The van der Waals surface area contributed by atoms with Gasteiger partial charge in [0.2, 0.25) is 5.91 Å². The van der Waals surface area contributed by atoms with Gasteiger partial charge in [-0.15, -0.1) is 0 Å². The van der Waals surface area contributed by atoms with Crippen molar-refractivity contribution in [2.24, 2.45) is 5.92 Å². The van der Waals surface area contributed by atoms with Crippen molar-refractivity contribution in [3.05, 3.63) is 35.9 Å². The van der Waals surface area contributed by atoms with E-state index in [9.17, 15) is 19.8 Å². The molecule has 0 aliphatic carbocycles. The van der Waals surface area contributed by atoms with Crippen molar-refractivity contribution >= 4 is 12.0 Å². The monoisotopic (exact) mass is 350 g/mol. The molecule has 0 radical (unpaired) electrons. The minimum Gasteiger partial charge on any atom is -0.465 e. The quantitative estimate of drug-likeness (QED) is 0.816. The zero-order valence-electron chi connectivity index (χ0n) is 14.8. The molecule has 1 heterocycles. The molecule has 1 fully saturated rings. The van der Waals surface area contributed by atoms with Crippen LogP contribution in [0.5, 0.6) is 0 Å². The van der Waals surface area contributed by atoms with Gasteiger partial charge in [-0.3, -0.25) is 9.69 Å². The summed E-state index contributed by atoms with van der Waals surface area (Å²) in [5.74, 6) is -0.187. The molecule has 25 heavy (non-hydrogen) atoms. The van der Waals surface area contributed by atoms with Crippen molar-refractivity contribution in [2.75, 3.05) is 13.8 Å². The minimum absolute atomic E-state index is 0.0421. The summed E-state index contributed by atoms with van der Waals surface area (Å²) in [7, 11) is 1.40. The number of ether oxygens (including phenoxy) is 1. The number of aliphatic hydroxyl groups is 1. The van der Waals surface area contributed by atoms with E-state index >= 15 is 0 Å². The normalized spacial score (nSPS) is 21.4. The molecular formula is C18H26N2O5. The van der Waals surface area contributed by atoms with Crippen LogP contribution in [0.4, 0.5) is 4.79 Å². The van der Waals surface area contributed by atoms with Crippen molar-refractivity contribution in [3.63, 3.8) is 0 Å². The first-order valence-electron chi connectivity index (χ1n) is 8.41. The summed E-state index contributed by atoms with van der Waals surface area (Å²) in [5, 5.41) is 19.4. The first-order valence-corrected chi connectivity index (χ1v) is 8.41. The number of aliphatic hydroxyl groups excluding tert-OH is 1. The molecule has 1 saturated heterocycles. The summed E-state index contributed by atoms with van der Waals surface area (Å²) in [4.78, 5) is 26.8. The van der Waals surface area contributed by atoms with Gasteiger partial charge in [0, 0.05) is 7.05 Å². The van der Waals surface area contributed by atoms with Crippen LogP contribution >= 0.6 is 0 Å². The van der Waals surface area contributed by atoms with Crippen LogP contribution in [0.2, 0.25) is 0 Å². The lowest BCUT2D eigenvalue weighted by atomic mass is 9.99. The summed E-state index contributed by atoms with van der Waals surface area (Å²) in [6.07, 6.45) is -1.39. The van der Waals surface area contributed by atoms with E-state index in [2.05, 4.69) is 0 Å². The molecule has 138 valence electrons. The highest BCUT2D eigenvalue weighted by Crippen LogP contribution is 2.23. The molecule has 3 unspecified atom stereocenters. The fourth-order valence-electron chi connectivity index (χ4n) is 3.01. The molecule has 1 aliphatic rings. The summed E-state index contributed by atoms with van der Waals surface area (Å²) < 4.78 is 5.26. The highest BCUT2D eigenvalue weighted by Gasteiger charge is 2.41. The molecule has 2 rings (SSSR count). The maximum Gasteiger partial charge on any atom is 0.407 e. The largest absolute Gasteiger partial charge is 0.465 e. The Labute approximate surface area is 147 Å². The van der Waals surface area contributed by atoms with Gasteiger partial charge in [0.1, 0.15) is 12.8 Å². The molecule has 2 amide bonds. The molecule has 0 aromatic heterocycles. The van der Waals surface area contributed by atoms with Gasteiger partial charge in [0.15, 0.2) is 6.29 Å². The second-order valence-electron chi connectivity index (χ2n) is 6.79. The van der Waals surface area contributed by atoms with E-state index in [1.54, 1.807) is 0 Å². The topological polar surface area (TPSA) is 90.3 Å². The predicted octanol–water partition coefficient (Wildman–Crippen LogP) is 1.76. The van der Waals surface area contributed by atoms with Crippen molar-refractivity contribution in [2.45, 2.75) is 45.1 Å². The Morgan fingerprint density at radius 3 is 2.52 bits per heavy atom. The number of hydrogen-bond donors (Lipinski definition) is 2. The van der Waals surface area contributed by atoms with Crippen molar-refractivity contribution in [3.8, 4) is 0 Å². The van der Waals surface area contributed by atoms with Crippen LogP contribution < -0.4 is 0 Å². The van der Waals surface area contributed by atoms with Gasteiger partial charge < -0.3 is 19.8 Å². The van der Waals surface area contributed by atoms with E-state index in [1.165, 1.54) is 11.9 Å². The van der Waals surface area contributed by atoms with Gasteiger partial charge in [-0.1, -0.05) is 44.2 Å². The number of benzene rings is 1. The first-order chi connectivity index (χ1) is 11.8. The number of carbonyl (C=O) groups excluding carboxylic acids is 1. The van der Waals surface area contributed by atoms with Crippen LogP contribution in [0.25, 0.3) is 0 Å². The van der Waals surface area contributed by atoms with Crippen molar-refractivity contribution in [1.82, 2.24) is 9.80 Å². The van der Waals surface area contributed by atoms with Gasteiger partial charge >= 0.3 is 6.09 Å². The summed E-state index contributed by atoms with van der Waals surface area (Å²) in [6.45, 7) is 3.83. The molecule has 7 nitrogen and oxygen atoms in total. The third-order valence-electron chi connectivity index (χ3n) is 4.43. The molecule has 0 bridgehead atoms. The molecule has 1 aromatic rings. The maximum atomic E-state index is 13.0. The molecule has 3 atom stereocenters. The molecule has 1 aromatic carbocycles. The predicted molar refractivity (Wildman–Crippen MR) is 91.8 cm³/mol. The summed E-state index contributed by atoms with van der Waals surface area (Å²) in [5.41, 5.74) is 0.974. The van der Waals surface area contributed by atoms with E-state index < -0.39 is 24.5 Å². The Morgan fingerprint density at radius 1 is 1.32 bits per heavy atom. The van der Waals surface area contributed by atoms with Gasteiger partial charge in [-0.2, -0.15) is 0 Å². The third kappa shape index (κ3) is 4.70. The number of amides is 2. The lowest BCUT2D eigenvalue weighted by Gasteiger charge is -2.32. The number of nitrogens with zero attached hydrogens (tertiary/aromatic N) is 2. The van der Waals surface area contributed by atoms with Gasteiger partial charge in [0.25, 0.3) is 0 Å². The van der Waals surface area contributed by atoms with Crippen LogP contribution in [-0.2, 0) is 16.0 Å². The molecular weight excluding hydrogens is 324 g/mol. The Morgan fingerprint density at radius 2 is 1.96 bits per heavy atom. The summed E-state index contributed by atoms with van der Waals surface area (Å²) >= 11 is 0. The number of rotatable bonds is 6. The first kappa shape index (κ1) is 19.2. The van der Waals surface area contributed by atoms with Crippen molar-refractivity contribution < 1.29 is 24.5 Å². The van der Waals surface area contributed by atoms with Gasteiger partial charge in [-0.05, 0) is 24.3 Å². The van der Waals surface area contributed by atoms with Gasteiger partial charge in [-0.25, -0.2) is 4.79 Å². The van der Waals surface area contributed by atoms with Crippen LogP contribution in [0.3, 0.4) is 0 Å². The van der Waals surface area contributed by atoms with E-state index in [1.807, 2.05) is 44.2 Å². The number of carbonyl (C=O) groups is 2. The highest BCUT2D eigenvalue weighted by molar-refractivity contribution is 5.85. The highest BCUT2D eigenvalue weighted by atomic mass is 16.6. The molecule has 2 N–H and O–H groups in total. The molecule has 0 saturated carbocycles. The molecule has 1 aliphatic heterocycles. The average molecular weight is 350 g/mol. The fraction of sp³-hybridized carbons (Fsp3) is 0.556.